The number of nitrogens with two attached hydrogens (primary N) is 1. The molecule has 0 radical (unpaired) electrons. The summed E-state index contributed by atoms with van der Waals surface area (Å²) < 4.78 is 0. The van der Waals surface area contributed by atoms with Gasteiger partial charge in [-0.2, -0.15) is 0 Å². The van der Waals surface area contributed by atoms with Crippen molar-refractivity contribution in [3.05, 3.63) is 29.3 Å². The highest BCUT2D eigenvalue weighted by atomic mass is 35.5. The summed E-state index contributed by atoms with van der Waals surface area (Å²) in [5.41, 5.74) is 6.94. The topological polar surface area (TPSA) is 41.3 Å². The van der Waals surface area contributed by atoms with Crippen molar-refractivity contribution in [2.75, 3.05) is 32.0 Å². The van der Waals surface area contributed by atoms with Gasteiger partial charge >= 0.3 is 0 Å². The first kappa shape index (κ1) is 12.7. The lowest BCUT2D eigenvalue weighted by atomic mass is 9.87. The Morgan fingerprint density at radius 1 is 1.35 bits per heavy atom. The highest BCUT2D eigenvalue weighted by Gasteiger charge is 2.32. The lowest BCUT2D eigenvalue weighted by Crippen LogP contribution is -2.52. The molecule has 0 atom stereocenters. The summed E-state index contributed by atoms with van der Waals surface area (Å²) in [4.78, 5) is 2.34. The molecule has 1 aliphatic heterocycles. The monoisotopic (exact) mass is 253 g/mol. The van der Waals surface area contributed by atoms with Crippen molar-refractivity contribution in [2.45, 2.75) is 18.4 Å². The maximum Gasteiger partial charge on any atom is 0.0637 e. The Kier molecular flexibility index (Phi) is 3.92. The van der Waals surface area contributed by atoms with Crippen molar-refractivity contribution in [3.63, 3.8) is 0 Å². The number of nitrogens with zero attached hydrogens (tertiary/aromatic N) is 1. The van der Waals surface area contributed by atoms with Gasteiger partial charge < -0.3 is 16.0 Å². The molecule has 17 heavy (non-hydrogen) atoms. The first-order valence-electron chi connectivity index (χ1n) is 6.06. The van der Waals surface area contributed by atoms with Gasteiger partial charge in [0.2, 0.25) is 0 Å². The molecule has 0 saturated carbocycles. The second kappa shape index (κ2) is 5.25. The smallest absolute Gasteiger partial charge is 0.0637 e. The number of hydrogen-bond acceptors (Lipinski definition) is 3. The maximum atomic E-state index is 6.18. The van der Waals surface area contributed by atoms with Crippen LogP contribution in [0.15, 0.2) is 24.3 Å². The van der Waals surface area contributed by atoms with E-state index in [2.05, 4.69) is 17.3 Å². The van der Waals surface area contributed by atoms with Crippen LogP contribution in [0.3, 0.4) is 0 Å². The Morgan fingerprint density at radius 3 is 2.59 bits per heavy atom. The van der Waals surface area contributed by atoms with Crippen molar-refractivity contribution >= 4 is 17.3 Å². The number of piperidine rings is 1. The molecule has 1 heterocycles. The fourth-order valence-electron chi connectivity index (χ4n) is 2.27. The third kappa shape index (κ3) is 2.92. The van der Waals surface area contributed by atoms with Gasteiger partial charge in [-0.1, -0.05) is 23.7 Å². The predicted octanol–water partition coefficient (Wildman–Crippen LogP) is 2.17. The molecule has 1 saturated heterocycles. The molecule has 0 unspecified atom stereocenters. The van der Waals surface area contributed by atoms with Gasteiger partial charge in [-0.25, -0.2) is 0 Å². The molecule has 0 amide bonds. The first-order valence-corrected chi connectivity index (χ1v) is 6.44. The van der Waals surface area contributed by atoms with E-state index in [1.807, 2.05) is 24.3 Å². The van der Waals surface area contributed by atoms with Crippen LogP contribution >= 0.6 is 11.6 Å². The first-order chi connectivity index (χ1) is 8.15. The van der Waals surface area contributed by atoms with Crippen LogP contribution in [0, 0.1) is 0 Å². The van der Waals surface area contributed by atoms with Crippen molar-refractivity contribution in [1.82, 2.24) is 4.90 Å². The molecule has 4 heteroatoms. The molecule has 1 fully saturated rings. The Labute approximate surface area is 108 Å². The van der Waals surface area contributed by atoms with Crippen molar-refractivity contribution in [1.29, 1.82) is 0 Å². The molecule has 1 aromatic carbocycles. The molecular weight excluding hydrogens is 234 g/mol. The average Bonchev–Trinajstić information content (AvgIpc) is 2.35. The molecule has 1 aromatic rings. The van der Waals surface area contributed by atoms with Crippen molar-refractivity contribution in [2.24, 2.45) is 5.73 Å². The Bertz CT molecular complexity index is 373. The molecule has 0 aromatic heterocycles. The van der Waals surface area contributed by atoms with Gasteiger partial charge in [-0.15, -0.1) is 0 Å². The molecule has 3 nitrogen and oxygen atoms in total. The minimum atomic E-state index is -0.00248. The van der Waals surface area contributed by atoms with Crippen LogP contribution < -0.4 is 11.1 Å². The highest BCUT2D eigenvalue weighted by molar-refractivity contribution is 6.33. The van der Waals surface area contributed by atoms with E-state index in [0.29, 0.717) is 6.54 Å². The number of hydrogen-bond donors (Lipinski definition) is 2. The van der Waals surface area contributed by atoms with Crippen molar-refractivity contribution < 1.29 is 0 Å². The van der Waals surface area contributed by atoms with Gasteiger partial charge in [0.25, 0.3) is 0 Å². The van der Waals surface area contributed by atoms with Gasteiger partial charge in [0, 0.05) is 19.6 Å². The summed E-state index contributed by atoms with van der Waals surface area (Å²) in [6.45, 7) is 2.80. The number of nitrogens with one attached hydrogen (secondary N) is 1. The Hall–Kier alpha value is -0.770. The second-order valence-corrected chi connectivity index (χ2v) is 5.30. The van der Waals surface area contributed by atoms with E-state index < -0.39 is 0 Å². The van der Waals surface area contributed by atoms with Crippen LogP contribution in [0.2, 0.25) is 5.02 Å². The summed E-state index contributed by atoms with van der Waals surface area (Å²) in [7, 11) is 2.15. The molecule has 94 valence electrons. The average molecular weight is 254 g/mol. The van der Waals surface area contributed by atoms with Gasteiger partial charge in [0.1, 0.15) is 0 Å². The Morgan fingerprint density at radius 2 is 2.00 bits per heavy atom. The molecule has 0 bridgehead atoms. The number of rotatable bonds is 3. The van der Waals surface area contributed by atoms with E-state index in [4.69, 9.17) is 17.3 Å². The normalized spacial score (nSPS) is 20.2. The van der Waals surface area contributed by atoms with Crippen LogP contribution in [0.1, 0.15) is 12.8 Å². The molecule has 3 N–H and O–H groups in total. The zero-order valence-electron chi connectivity index (χ0n) is 10.2. The van der Waals surface area contributed by atoms with E-state index in [1.54, 1.807) is 0 Å². The lowest BCUT2D eigenvalue weighted by Gasteiger charge is -2.41. The van der Waals surface area contributed by atoms with Gasteiger partial charge in [-0.05, 0) is 32.0 Å². The van der Waals surface area contributed by atoms with Crippen LogP contribution in [0.25, 0.3) is 0 Å². The van der Waals surface area contributed by atoms with Crippen LogP contribution in [0.4, 0.5) is 5.69 Å². The molecule has 2 rings (SSSR count). The number of halogens is 1. The zero-order chi connectivity index (χ0) is 12.3. The zero-order valence-corrected chi connectivity index (χ0v) is 11.0. The molecule has 0 spiro atoms. The Balaban J connectivity index is 2.12. The third-order valence-electron chi connectivity index (χ3n) is 3.61. The quantitative estimate of drug-likeness (QED) is 0.868. The third-order valence-corrected chi connectivity index (χ3v) is 3.94. The van der Waals surface area contributed by atoms with Gasteiger partial charge in [0.05, 0.1) is 16.2 Å². The van der Waals surface area contributed by atoms with E-state index in [-0.39, 0.29) is 5.54 Å². The molecule has 1 aliphatic rings. The summed E-state index contributed by atoms with van der Waals surface area (Å²) in [5, 5.41) is 4.31. The summed E-state index contributed by atoms with van der Waals surface area (Å²) in [6, 6.07) is 7.85. The fourth-order valence-corrected chi connectivity index (χ4v) is 2.46. The summed E-state index contributed by atoms with van der Waals surface area (Å²) in [5.74, 6) is 0. The van der Waals surface area contributed by atoms with Crippen molar-refractivity contribution in [3.8, 4) is 0 Å². The van der Waals surface area contributed by atoms with E-state index >= 15 is 0 Å². The SMILES string of the molecule is CN1CCC(CN)(Nc2ccccc2Cl)CC1. The van der Waals surface area contributed by atoms with Gasteiger partial charge in [-0.3, -0.25) is 0 Å². The number of anilines is 1. The van der Waals surface area contributed by atoms with Crippen LogP contribution in [-0.2, 0) is 0 Å². The number of para-hydroxylation sites is 1. The number of likely N-dealkylation sites (tertiary alicyclic amines) is 1. The highest BCUT2D eigenvalue weighted by Crippen LogP contribution is 2.29. The predicted molar refractivity (Wildman–Crippen MR) is 73.6 cm³/mol. The molecular formula is C13H20ClN3. The largest absolute Gasteiger partial charge is 0.377 e. The minimum absolute atomic E-state index is 0.00248. The fraction of sp³-hybridized carbons (Fsp3) is 0.538. The summed E-state index contributed by atoms with van der Waals surface area (Å²) in [6.07, 6.45) is 2.12. The maximum absolute atomic E-state index is 6.18. The van der Waals surface area contributed by atoms with E-state index in [0.717, 1.165) is 36.6 Å². The van der Waals surface area contributed by atoms with Crippen LogP contribution in [0.5, 0.6) is 0 Å². The van der Waals surface area contributed by atoms with E-state index in [1.165, 1.54) is 0 Å². The summed E-state index contributed by atoms with van der Waals surface area (Å²) >= 11 is 6.18. The van der Waals surface area contributed by atoms with E-state index in [9.17, 15) is 0 Å². The number of benzene rings is 1. The van der Waals surface area contributed by atoms with Gasteiger partial charge in [0.15, 0.2) is 0 Å². The minimum Gasteiger partial charge on any atom is -0.377 e. The molecule has 0 aliphatic carbocycles. The van der Waals surface area contributed by atoms with Crippen LogP contribution in [-0.4, -0.2) is 37.1 Å². The lowest BCUT2D eigenvalue weighted by molar-refractivity contribution is 0.209. The standard InChI is InChI=1S/C13H20ClN3/c1-17-8-6-13(10-15,7-9-17)16-12-5-3-2-4-11(12)14/h2-5,16H,6-10,15H2,1H3. The second-order valence-electron chi connectivity index (χ2n) is 4.89.